The summed E-state index contributed by atoms with van der Waals surface area (Å²) in [5, 5.41) is 11.7. The fourth-order valence-electron chi connectivity index (χ4n) is 2.39. The average molecular weight is 464 g/mol. The number of nitrogens with one attached hydrogen (secondary N) is 2. The molecule has 0 saturated heterocycles. The number of nitrogens with two attached hydrogens (primary N) is 1. The maximum absolute atomic E-state index is 11.2. The molecule has 0 saturated carbocycles. The number of sulfonamides is 1. The number of rotatable bonds is 6. The number of benzene rings is 1. The molecule has 0 aromatic heterocycles. The zero-order valence-electron chi connectivity index (χ0n) is 13.7. The molecule has 0 aliphatic heterocycles. The molecule has 4 N–H and O–H groups in total. The van der Waals surface area contributed by atoms with Crippen molar-refractivity contribution in [2.45, 2.75) is 37.1 Å². The first kappa shape index (κ1) is 20.9. The van der Waals surface area contributed by atoms with Crippen LogP contribution in [0.5, 0.6) is 0 Å². The van der Waals surface area contributed by atoms with Crippen molar-refractivity contribution in [1.29, 1.82) is 0 Å². The van der Waals surface area contributed by atoms with E-state index in [-0.39, 0.29) is 28.9 Å². The Hall–Kier alpha value is -1.13. The van der Waals surface area contributed by atoms with E-state index < -0.39 is 10.0 Å². The number of primary sulfonamides is 1. The molecule has 6 nitrogen and oxygen atoms in total. The van der Waals surface area contributed by atoms with Crippen LogP contribution in [0.25, 0.3) is 0 Å². The molecule has 0 radical (unpaired) electrons. The fraction of sp³-hybridized carbons (Fsp3) is 0.438. The summed E-state index contributed by atoms with van der Waals surface area (Å²) in [4.78, 5) is 4.70. The van der Waals surface area contributed by atoms with E-state index in [0.717, 1.165) is 37.3 Å². The quantitative estimate of drug-likeness (QED) is 0.259. The third-order valence-corrected chi connectivity index (χ3v) is 4.54. The third kappa shape index (κ3) is 6.78. The lowest BCUT2D eigenvalue weighted by atomic mass is 10.1. The van der Waals surface area contributed by atoms with E-state index in [9.17, 15) is 8.42 Å². The van der Waals surface area contributed by atoms with Gasteiger partial charge in [0.05, 0.1) is 4.90 Å². The molecule has 0 heterocycles. The minimum Gasteiger partial charge on any atom is -0.357 e. The second-order valence-corrected chi connectivity index (χ2v) is 7.05. The van der Waals surface area contributed by atoms with Gasteiger partial charge in [0.1, 0.15) is 0 Å². The largest absolute Gasteiger partial charge is 0.357 e. The van der Waals surface area contributed by atoms with Crippen LogP contribution in [0.1, 0.15) is 25.3 Å². The van der Waals surface area contributed by atoms with Crippen molar-refractivity contribution in [3.05, 3.63) is 42.0 Å². The van der Waals surface area contributed by atoms with Crippen molar-refractivity contribution in [2.24, 2.45) is 10.1 Å². The molecule has 24 heavy (non-hydrogen) atoms. The summed E-state index contributed by atoms with van der Waals surface area (Å²) >= 11 is 0. The van der Waals surface area contributed by atoms with E-state index in [4.69, 9.17) is 5.14 Å². The molecule has 1 aliphatic rings. The van der Waals surface area contributed by atoms with Gasteiger partial charge in [-0.3, -0.25) is 4.99 Å². The third-order valence-electron chi connectivity index (χ3n) is 3.62. The molecular weight excluding hydrogens is 439 g/mol. The monoisotopic (exact) mass is 464 g/mol. The lowest BCUT2D eigenvalue weighted by Gasteiger charge is -2.16. The lowest BCUT2D eigenvalue weighted by Crippen LogP contribution is -2.42. The van der Waals surface area contributed by atoms with Crippen LogP contribution in [0.2, 0.25) is 0 Å². The molecule has 0 amide bonds. The smallest absolute Gasteiger partial charge is 0.238 e. The van der Waals surface area contributed by atoms with E-state index in [1.54, 1.807) is 12.1 Å². The van der Waals surface area contributed by atoms with Gasteiger partial charge in [0, 0.05) is 19.1 Å². The minimum atomic E-state index is -3.63. The second-order valence-electron chi connectivity index (χ2n) is 5.48. The zero-order chi connectivity index (χ0) is 16.7. The van der Waals surface area contributed by atoms with E-state index in [1.165, 1.54) is 12.1 Å². The summed E-state index contributed by atoms with van der Waals surface area (Å²) in [6, 6.07) is 7.03. The topological polar surface area (TPSA) is 96.6 Å². The van der Waals surface area contributed by atoms with E-state index in [0.29, 0.717) is 12.6 Å². The van der Waals surface area contributed by atoms with Crippen LogP contribution in [0.15, 0.2) is 46.3 Å². The molecule has 1 aromatic rings. The maximum Gasteiger partial charge on any atom is 0.238 e. The molecule has 0 spiro atoms. The minimum absolute atomic E-state index is 0. The zero-order valence-corrected chi connectivity index (χ0v) is 16.9. The van der Waals surface area contributed by atoms with Crippen molar-refractivity contribution in [3.8, 4) is 0 Å². The Morgan fingerprint density at radius 3 is 2.42 bits per heavy atom. The molecule has 1 aliphatic carbocycles. The molecule has 0 bridgehead atoms. The van der Waals surface area contributed by atoms with Crippen LogP contribution in [0.3, 0.4) is 0 Å². The highest BCUT2D eigenvalue weighted by atomic mass is 127. The van der Waals surface area contributed by atoms with Gasteiger partial charge in [-0.1, -0.05) is 24.3 Å². The number of guanidine groups is 1. The highest BCUT2D eigenvalue weighted by Crippen LogP contribution is 2.10. The van der Waals surface area contributed by atoms with Gasteiger partial charge in [-0.25, -0.2) is 13.6 Å². The molecule has 8 heteroatoms. The lowest BCUT2D eigenvalue weighted by molar-refractivity contribution is 0.598. The predicted molar refractivity (Wildman–Crippen MR) is 108 cm³/mol. The van der Waals surface area contributed by atoms with Crippen molar-refractivity contribution in [2.75, 3.05) is 13.1 Å². The molecule has 0 atom stereocenters. The van der Waals surface area contributed by atoms with E-state index >= 15 is 0 Å². The highest BCUT2D eigenvalue weighted by molar-refractivity contribution is 14.0. The summed E-state index contributed by atoms with van der Waals surface area (Å²) in [7, 11) is -3.63. The van der Waals surface area contributed by atoms with Crippen LogP contribution in [-0.4, -0.2) is 33.5 Å². The first-order valence-electron chi connectivity index (χ1n) is 7.80. The summed E-state index contributed by atoms with van der Waals surface area (Å²) in [5.41, 5.74) is 1.03. The summed E-state index contributed by atoms with van der Waals surface area (Å²) in [6.45, 7) is 3.48. The number of hydrogen-bond donors (Lipinski definition) is 3. The Kier molecular flexibility index (Phi) is 8.71. The number of hydrogen-bond acceptors (Lipinski definition) is 3. The van der Waals surface area contributed by atoms with Crippen molar-refractivity contribution in [3.63, 3.8) is 0 Å². The standard InChI is InChI=1S/C16H24N4O2S.HI/c1-2-18-16(20-14-5-3-4-6-14)19-12-11-13-7-9-15(10-8-13)23(17,21)22;/h3-4,7-10,14H,2,5-6,11-12H2,1H3,(H2,17,21,22)(H2,18,19,20);1H. The van der Waals surface area contributed by atoms with Gasteiger partial charge >= 0.3 is 0 Å². The number of halogens is 1. The number of aliphatic imine (C=N–C) groups is 1. The molecular formula is C16H25IN4O2S. The predicted octanol–water partition coefficient (Wildman–Crippen LogP) is 1.77. The Morgan fingerprint density at radius 1 is 1.25 bits per heavy atom. The normalized spacial score (nSPS) is 15.2. The van der Waals surface area contributed by atoms with Crippen LogP contribution < -0.4 is 15.8 Å². The maximum atomic E-state index is 11.2. The number of nitrogens with zero attached hydrogens (tertiary/aromatic N) is 1. The second kappa shape index (κ2) is 10.00. The van der Waals surface area contributed by atoms with Gasteiger partial charge in [-0.2, -0.15) is 0 Å². The summed E-state index contributed by atoms with van der Waals surface area (Å²) in [5.74, 6) is 0.822. The van der Waals surface area contributed by atoms with Crippen LogP contribution in [0.4, 0.5) is 0 Å². The van der Waals surface area contributed by atoms with Gasteiger partial charge in [0.2, 0.25) is 10.0 Å². The molecule has 2 rings (SSSR count). The first-order valence-corrected chi connectivity index (χ1v) is 9.35. The average Bonchev–Trinajstić information content (AvgIpc) is 3.00. The first-order chi connectivity index (χ1) is 11.0. The van der Waals surface area contributed by atoms with Crippen molar-refractivity contribution >= 4 is 40.0 Å². The SMILES string of the molecule is CCNC(=NCCc1ccc(S(N)(=O)=O)cc1)NC1CC=CC1.I. The summed E-state index contributed by atoms with van der Waals surface area (Å²) < 4.78 is 22.4. The Balaban J connectivity index is 0.00000288. The van der Waals surface area contributed by atoms with Gasteiger partial charge < -0.3 is 10.6 Å². The summed E-state index contributed by atoms with van der Waals surface area (Å²) in [6.07, 6.45) is 7.14. The molecule has 0 fully saturated rings. The van der Waals surface area contributed by atoms with Gasteiger partial charge in [0.25, 0.3) is 0 Å². The molecule has 134 valence electrons. The Bertz CT molecular complexity index is 664. The molecule has 1 aromatic carbocycles. The fourth-order valence-corrected chi connectivity index (χ4v) is 2.91. The van der Waals surface area contributed by atoms with Crippen molar-refractivity contribution in [1.82, 2.24) is 10.6 Å². The Morgan fingerprint density at radius 2 is 1.88 bits per heavy atom. The van der Waals surface area contributed by atoms with E-state index in [2.05, 4.69) is 27.8 Å². The highest BCUT2D eigenvalue weighted by Gasteiger charge is 2.11. The van der Waals surface area contributed by atoms with Gasteiger partial charge in [-0.15, -0.1) is 24.0 Å². The van der Waals surface area contributed by atoms with Crippen LogP contribution in [0, 0.1) is 0 Å². The van der Waals surface area contributed by atoms with Crippen LogP contribution >= 0.6 is 24.0 Å². The molecule has 0 unspecified atom stereocenters. The van der Waals surface area contributed by atoms with Gasteiger partial charge in [-0.05, 0) is 43.9 Å². The Labute approximate surface area is 161 Å². The van der Waals surface area contributed by atoms with Gasteiger partial charge in [0.15, 0.2) is 5.96 Å². The van der Waals surface area contributed by atoms with Crippen molar-refractivity contribution < 1.29 is 8.42 Å². The van der Waals surface area contributed by atoms with E-state index in [1.807, 2.05) is 6.92 Å². The van der Waals surface area contributed by atoms with Crippen LogP contribution in [-0.2, 0) is 16.4 Å².